The first-order chi connectivity index (χ1) is 18.6. The van der Waals surface area contributed by atoms with Crippen LogP contribution in [-0.2, 0) is 4.74 Å². The van der Waals surface area contributed by atoms with Gasteiger partial charge in [-0.1, -0.05) is 57.3 Å². The van der Waals surface area contributed by atoms with E-state index in [1.165, 1.54) is 51.4 Å². The molecular weight excluding hydrogens is 514 g/mol. The van der Waals surface area contributed by atoms with Crippen molar-refractivity contribution in [2.24, 2.45) is 29.6 Å². The van der Waals surface area contributed by atoms with E-state index in [0.717, 1.165) is 42.1 Å². The molecule has 220 valence electrons. The van der Waals surface area contributed by atoms with E-state index in [0.29, 0.717) is 12.0 Å². The second kappa shape index (κ2) is 13.8. The lowest BCUT2D eigenvalue weighted by atomic mass is 9.67. The van der Waals surface area contributed by atoms with Crippen molar-refractivity contribution in [1.29, 1.82) is 0 Å². The molecule has 0 aromatic rings. The highest BCUT2D eigenvalue weighted by Gasteiger charge is 2.35. The largest absolute Gasteiger partial charge is 0.488 e. The van der Waals surface area contributed by atoms with Gasteiger partial charge in [-0.2, -0.15) is 0 Å². The van der Waals surface area contributed by atoms with Crippen LogP contribution in [0.25, 0.3) is 0 Å². The Labute approximate surface area is 229 Å². The molecule has 0 aromatic heterocycles. The fourth-order valence-electron chi connectivity index (χ4n) is 7.08. The fraction of sp³-hybridized carbons (Fsp3) is 0.750. The number of ether oxygens (including phenoxy) is 1. The van der Waals surface area contributed by atoms with E-state index in [1.807, 2.05) is 6.08 Å². The maximum atomic E-state index is 15.1. The average Bonchev–Trinajstić information content (AvgIpc) is 2.91. The zero-order valence-electron chi connectivity index (χ0n) is 23.3. The van der Waals surface area contributed by atoms with Crippen LogP contribution in [0, 0.1) is 29.6 Å². The molecule has 0 N–H and O–H groups in total. The van der Waals surface area contributed by atoms with E-state index >= 15 is 4.39 Å². The van der Waals surface area contributed by atoms with Crippen LogP contribution in [0.1, 0.15) is 97.3 Å². The minimum Gasteiger partial charge on any atom is -0.488 e. The number of hydrogen-bond acceptors (Lipinski definition) is 1. The molecule has 1 nitrogen and oxygen atoms in total. The van der Waals surface area contributed by atoms with E-state index in [-0.39, 0.29) is 12.0 Å². The van der Waals surface area contributed by atoms with Crippen molar-refractivity contribution < 1.29 is 31.1 Å². The Kier molecular flexibility index (Phi) is 10.7. The maximum absolute atomic E-state index is 15.1. The molecule has 3 atom stereocenters. The maximum Gasteiger partial charge on any atom is 0.275 e. The van der Waals surface area contributed by atoms with Gasteiger partial charge in [-0.25, -0.2) is 26.3 Å². The van der Waals surface area contributed by atoms with Gasteiger partial charge in [0.15, 0.2) is 23.9 Å². The Bertz CT molecular complexity index is 934. The lowest BCUT2D eigenvalue weighted by molar-refractivity contribution is -0.0312. The first-order valence-electron chi connectivity index (χ1n) is 15.0. The van der Waals surface area contributed by atoms with Gasteiger partial charge < -0.3 is 4.74 Å². The second-order valence-electron chi connectivity index (χ2n) is 12.7. The van der Waals surface area contributed by atoms with Crippen LogP contribution in [0.5, 0.6) is 0 Å². The van der Waals surface area contributed by atoms with Gasteiger partial charge in [0.1, 0.15) is 11.9 Å². The average molecular weight is 559 g/mol. The molecule has 7 heteroatoms. The van der Waals surface area contributed by atoms with Crippen molar-refractivity contribution in [2.45, 2.75) is 122 Å². The van der Waals surface area contributed by atoms with Gasteiger partial charge in [0.25, 0.3) is 6.43 Å². The molecule has 0 bridgehead atoms. The number of halogens is 6. The third-order valence-electron chi connectivity index (χ3n) is 9.53. The van der Waals surface area contributed by atoms with Crippen molar-refractivity contribution in [1.82, 2.24) is 0 Å². The Morgan fingerprint density at radius 3 is 2.05 bits per heavy atom. The van der Waals surface area contributed by atoms with Crippen LogP contribution in [0.2, 0.25) is 0 Å². The molecule has 39 heavy (non-hydrogen) atoms. The van der Waals surface area contributed by atoms with Gasteiger partial charge in [-0.15, -0.1) is 0 Å². The van der Waals surface area contributed by atoms with Crippen molar-refractivity contribution >= 4 is 0 Å². The summed E-state index contributed by atoms with van der Waals surface area (Å²) in [7, 11) is 0. The number of alkyl halides is 4. The fourth-order valence-corrected chi connectivity index (χ4v) is 7.08. The number of hydrogen-bond donors (Lipinski definition) is 0. The molecule has 4 aliphatic carbocycles. The summed E-state index contributed by atoms with van der Waals surface area (Å²) in [6, 6.07) is 0. The van der Waals surface area contributed by atoms with Crippen molar-refractivity contribution in [3.63, 3.8) is 0 Å². The van der Waals surface area contributed by atoms with E-state index in [4.69, 9.17) is 4.74 Å². The number of rotatable bonds is 10. The smallest absolute Gasteiger partial charge is 0.275 e. The Balaban J connectivity index is 1.27. The van der Waals surface area contributed by atoms with Crippen LogP contribution in [0.15, 0.2) is 46.8 Å². The lowest BCUT2D eigenvalue weighted by Crippen LogP contribution is -2.28. The Morgan fingerprint density at radius 1 is 0.846 bits per heavy atom. The predicted molar refractivity (Wildman–Crippen MR) is 143 cm³/mol. The predicted octanol–water partition coefficient (Wildman–Crippen LogP) is 10.4. The summed E-state index contributed by atoms with van der Waals surface area (Å²) in [4.78, 5) is 0. The summed E-state index contributed by atoms with van der Waals surface area (Å²) < 4.78 is 88.0. The first-order valence-corrected chi connectivity index (χ1v) is 15.0. The molecular formula is C32H44F6O. The zero-order valence-corrected chi connectivity index (χ0v) is 23.3. The molecule has 0 amide bonds. The molecule has 1 unspecified atom stereocenters. The van der Waals surface area contributed by atoms with Gasteiger partial charge in [-0.3, -0.25) is 0 Å². The van der Waals surface area contributed by atoms with Crippen LogP contribution in [0.3, 0.4) is 0 Å². The van der Waals surface area contributed by atoms with E-state index in [9.17, 15) is 22.0 Å². The van der Waals surface area contributed by atoms with Crippen LogP contribution in [-0.4, -0.2) is 24.9 Å². The van der Waals surface area contributed by atoms with Gasteiger partial charge in [0, 0.05) is 25.3 Å². The minimum atomic E-state index is -2.98. The topological polar surface area (TPSA) is 9.23 Å². The standard InChI is InChI=1S/C32H44F6O/c1-19(2)3-4-20-5-7-21(8-6-20)22-9-11-23(12-10-22)24-13-14-25(27(33)15-24)16-30(32(37)38)39-26-17-28(34)31(36)29(35)18-26/h13-14,17,19-23,27,29-30,32H,3-12,15-16,18H2,1-2H3/t20?,21?,22?,23?,27-,29?,30+/m0/s1. The van der Waals surface area contributed by atoms with Crippen molar-refractivity contribution in [2.75, 3.05) is 0 Å². The summed E-state index contributed by atoms with van der Waals surface area (Å²) in [5.74, 6) is 0.169. The summed E-state index contributed by atoms with van der Waals surface area (Å²) in [6.45, 7) is 4.60. The molecule has 0 radical (unpaired) electrons. The molecule has 2 fully saturated rings. The Morgan fingerprint density at radius 2 is 1.49 bits per heavy atom. The molecule has 0 spiro atoms. The van der Waals surface area contributed by atoms with Crippen LogP contribution >= 0.6 is 0 Å². The minimum absolute atomic E-state index is 0.190. The van der Waals surface area contributed by atoms with E-state index in [2.05, 4.69) is 13.8 Å². The highest BCUT2D eigenvalue weighted by atomic mass is 19.3. The van der Waals surface area contributed by atoms with Gasteiger partial charge in [0.2, 0.25) is 0 Å². The highest BCUT2D eigenvalue weighted by molar-refractivity contribution is 5.30. The molecule has 4 rings (SSSR count). The molecule has 0 aliphatic heterocycles. The molecule has 0 heterocycles. The summed E-state index contributed by atoms with van der Waals surface area (Å²) in [5, 5.41) is 0. The van der Waals surface area contributed by atoms with E-state index in [1.54, 1.807) is 6.08 Å². The van der Waals surface area contributed by atoms with Gasteiger partial charge >= 0.3 is 0 Å². The normalized spacial score (nSPS) is 33.1. The van der Waals surface area contributed by atoms with E-state index < -0.39 is 55.1 Å². The molecule has 0 aromatic carbocycles. The van der Waals surface area contributed by atoms with Crippen LogP contribution < -0.4 is 0 Å². The number of allylic oxidation sites excluding steroid dienone is 7. The van der Waals surface area contributed by atoms with Gasteiger partial charge in [-0.05, 0) is 73.7 Å². The monoisotopic (exact) mass is 558 g/mol. The second-order valence-corrected chi connectivity index (χ2v) is 12.7. The molecule has 0 saturated heterocycles. The lowest BCUT2D eigenvalue weighted by Gasteiger charge is -2.39. The SMILES string of the molecule is CC(C)CCC1CCC(C2CCC(C3=CC=C(C[C@@H](OC4=CC(F)=C(F)C(F)C4)C(F)F)[C@@H](F)C3)CC2)CC1. The van der Waals surface area contributed by atoms with Crippen molar-refractivity contribution in [3.05, 3.63) is 46.8 Å². The summed E-state index contributed by atoms with van der Waals surface area (Å²) >= 11 is 0. The third-order valence-corrected chi connectivity index (χ3v) is 9.53. The summed E-state index contributed by atoms with van der Waals surface area (Å²) in [5.41, 5.74) is 1.25. The van der Waals surface area contributed by atoms with Gasteiger partial charge in [0.05, 0.1) is 0 Å². The first kappa shape index (κ1) is 30.3. The molecule has 2 saturated carbocycles. The zero-order chi connectivity index (χ0) is 28.1. The molecule has 4 aliphatic rings. The Hall–Kier alpha value is -1.66. The quantitative estimate of drug-likeness (QED) is 0.242. The van der Waals surface area contributed by atoms with Crippen LogP contribution in [0.4, 0.5) is 26.3 Å². The third kappa shape index (κ3) is 8.19. The highest BCUT2D eigenvalue weighted by Crippen LogP contribution is 2.45. The van der Waals surface area contributed by atoms with Crippen molar-refractivity contribution in [3.8, 4) is 0 Å². The summed E-state index contributed by atoms with van der Waals surface area (Å²) in [6.07, 6.45) is 7.34.